The molecule has 150 valence electrons. The first-order valence-corrected chi connectivity index (χ1v) is 10.1. The van der Waals surface area contributed by atoms with E-state index in [2.05, 4.69) is 10.1 Å². The molecule has 2 aromatic heterocycles. The van der Waals surface area contributed by atoms with E-state index in [4.69, 9.17) is 14.2 Å². The molecule has 2 aromatic rings. The monoisotopic (exact) mass is 384 g/mol. The van der Waals surface area contributed by atoms with Gasteiger partial charge in [-0.3, -0.25) is 0 Å². The van der Waals surface area contributed by atoms with Gasteiger partial charge in [0.05, 0.1) is 17.0 Å². The molecule has 0 spiro atoms. The first kappa shape index (κ1) is 18.9. The Morgan fingerprint density at radius 1 is 1.18 bits per heavy atom. The van der Waals surface area contributed by atoms with E-state index in [0.29, 0.717) is 24.8 Å². The van der Waals surface area contributed by atoms with Crippen molar-refractivity contribution in [3.63, 3.8) is 0 Å². The second-order valence-corrected chi connectivity index (χ2v) is 8.88. The lowest BCUT2D eigenvalue weighted by Crippen LogP contribution is -2.41. The van der Waals surface area contributed by atoms with E-state index in [1.807, 2.05) is 40.0 Å². The van der Waals surface area contributed by atoms with Crippen molar-refractivity contribution in [2.75, 3.05) is 13.1 Å². The number of nitrogens with zero attached hydrogens (tertiary/aromatic N) is 4. The Labute approximate surface area is 165 Å². The summed E-state index contributed by atoms with van der Waals surface area (Å²) in [5, 5.41) is 4.02. The summed E-state index contributed by atoms with van der Waals surface area (Å²) in [4.78, 5) is 23.7. The average molecular weight is 384 g/mol. The van der Waals surface area contributed by atoms with E-state index in [-0.39, 0.29) is 12.0 Å². The molecule has 1 saturated heterocycles. The summed E-state index contributed by atoms with van der Waals surface area (Å²) >= 11 is 0. The molecule has 28 heavy (non-hydrogen) atoms. The Bertz CT molecular complexity index is 859. The Balaban J connectivity index is 1.54. The van der Waals surface area contributed by atoms with Gasteiger partial charge in [-0.15, -0.1) is 0 Å². The highest BCUT2D eigenvalue weighted by Gasteiger charge is 2.32. The average Bonchev–Trinajstić information content (AvgIpc) is 3.41. The fourth-order valence-corrected chi connectivity index (χ4v) is 3.60. The second-order valence-electron chi connectivity index (χ2n) is 8.88. The number of likely N-dealkylation sites (tertiary alicyclic amines) is 1. The first-order chi connectivity index (χ1) is 13.3. The van der Waals surface area contributed by atoms with Crippen LogP contribution in [0.3, 0.4) is 0 Å². The number of amides is 1. The predicted molar refractivity (Wildman–Crippen MR) is 104 cm³/mol. The van der Waals surface area contributed by atoms with Crippen LogP contribution in [-0.4, -0.2) is 44.8 Å². The molecule has 2 fully saturated rings. The van der Waals surface area contributed by atoms with Crippen LogP contribution in [0.4, 0.5) is 4.79 Å². The molecule has 1 aliphatic carbocycles. The number of carbonyl (C=O) groups excluding carboxylic acids is 1. The van der Waals surface area contributed by atoms with E-state index in [9.17, 15) is 4.79 Å². The Morgan fingerprint density at radius 2 is 1.89 bits per heavy atom. The number of hydrogen-bond acceptors (Lipinski definition) is 6. The fraction of sp³-hybridized carbons (Fsp3) is 0.619. The van der Waals surface area contributed by atoms with Crippen LogP contribution in [0, 0.1) is 6.92 Å². The molecule has 1 aliphatic heterocycles. The molecule has 0 N–H and O–H groups in total. The molecule has 0 atom stereocenters. The summed E-state index contributed by atoms with van der Waals surface area (Å²) < 4.78 is 11.0. The van der Waals surface area contributed by atoms with Crippen molar-refractivity contribution in [1.29, 1.82) is 0 Å². The molecular weight excluding hydrogens is 356 g/mol. The lowest BCUT2D eigenvalue weighted by molar-refractivity contribution is 0.0204. The van der Waals surface area contributed by atoms with Gasteiger partial charge < -0.3 is 14.2 Å². The number of ether oxygens (including phenoxy) is 1. The van der Waals surface area contributed by atoms with Crippen LogP contribution in [0.5, 0.6) is 0 Å². The molecule has 1 saturated carbocycles. The zero-order valence-corrected chi connectivity index (χ0v) is 17.1. The van der Waals surface area contributed by atoms with Crippen LogP contribution in [0.1, 0.15) is 75.5 Å². The first-order valence-electron chi connectivity index (χ1n) is 10.1. The smallest absolute Gasteiger partial charge is 0.410 e. The largest absolute Gasteiger partial charge is 0.444 e. The maximum atomic E-state index is 12.4. The van der Waals surface area contributed by atoms with Gasteiger partial charge in [0.2, 0.25) is 0 Å². The zero-order chi connectivity index (χ0) is 19.9. The zero-order valence-electron chi connectivity index (χ0n) is 17.1. The van der Waals surface area contributed by atoms with Gasteiger partial charge in [0.25, 0.3) is 0 Å². The third-order valence-corrected chi connectivity index (χ3v) is 5.21. The predicted octanol–water partition coefficient (Wildman–Crippen LogP) is 4.43. The normalized spacial score (nSPS) is 18.4. The van der Waals surface area contributed by atoms with Gasteiger partial charge in [-0.05, 0) is 53.4 Å². The highest BCUT2D eigenvalue weighted by atomic mass is 16.6. The van der Waals surface area contributed by atoms with Gasteiger partial charge in [0, 0.05) is 37.2 Å². The topological polar surface area (TPSA) is 81.4 Å². The molecule has 0 aromatic carbocycles. The van der Waals surface area contributed by atoms with Crippen molar-refractivity contribution in [3.8, 4) is 11.3 Å². The molecule has 7 nitrogen and oxygen atoms in total. The lowest BCUT2D eigenvalue weighted by Gasteiger charge is -2.33. The van der Waals surface area contributed by atoms with Crippen molar-refractivity contribution >= 4 is 6.09 Å². The van der Waals surface area contributed by atoms with Crippen LogP contribution in [0.25, 0.3) is 11.3 Å². The van der Waals surface area contributed by atoms with Crippen LogP contribution in [0.2, 0.25) is 0 Å². The van der Waals surface area contributed by atoms with Crippen molar-refractivity contribution in [3.05, 3.63) is 29.5 Å². The highest BCUT2D eigenvalue weighted by molar-refractivity contribution is 5.68. The van der Waals surface area contributed by atoms with Gasteiger partial charge in [0.15, 0.2) is 5.76 Å². The maximum absolute atomic E-state index is 12.4. The molecule has 0 bridgehead atoms. The minimum Gasteiger partial charge on any atom is -0.444 e. The fourth-order valence-electron chi connectivity index (χ4n) is 3.60. The van der Waals surface area contributed by atoms with Crippen molar-refractivity contribution in [2.45, 2.75) is 70.8 Å². The van der Waals surface area contributed by atoms with Gasteiger partial charge in [0.1, 0.15) is 11.4 Å². The Hall–Kier alpha value is -2.44. The summed E-state index contributed by atoms with van der Waals surface area (Å²) in [5.41, 5.74) is 2.31. The highest BCUT2D eigenvalue weighted by Crippen LogP contribution is 2.41. The summed E-state index contributed by atoms with van der Waals surface area (Å²) in [7, 11) is 0. The van der Waals surface area contributed by atoms with Crippen LogP contribution in [0.15, 0.2) is 16.8 Å². The summed E-state index contributed by atoms with van der Waals surface area (Å²) in [6.45, 7) is 8.91. The quantitative estimate of drug-likeness (QED) is 0.778. The molecule has 0 radical (unpaired) electrons. The number of hydrogen-bond donors (Lipinski definition) is 0. The van der Waals surface area contributed by atoms with Gasteiger partial charge >= 0.3 is 6.09 Å². The number of aryl methyl sites for hydroxylation is 1. The summed E-state index contributed by atoms with van der Waals surface area (Å²) in [6.07, 6.45) is 5.67. The Morgan fingerprint density at radius 3 is 2.46 bits per heavy atom. The van der Waals surface area contributed by atoms with Crippen LogP contribution >= 0.6 is 0 Å². The van der Waals surface area contributed by atoms with E-state index in [1.54, 1.807) is 4.90 Å². The molecular formula is C21H28N4O3. The Kier molecular flexibility index (Phi) is 4.85. The maximum Gasteiger partial charge on any atom is 0.410 e. The number of piperidine rings is 1. The molecule has 0 unspecified atom stereocenters. The minimum atomic E-state index is -0.475. The number of carbonyl (C=O) groups is 1. The standard InChI is InChI=1S/C21H28N4O3/c1-13-11-17(28-24-13)16-12-22-19(15-5-6-15)23-18(16)14-7-9-25(10-8-14)20(26)27-21(2,3)4/h11-12,14-15H,5-10H2,1-4H3. The number of aromatic nitrogens is 3. The van der Waals surface area contributed by atoms with Gasteiger partial charge in [-0.1, -0.05) is 5.16 Å². The molecule has 3 heterocycles. The molecule has 2 aliphatic rings. The van der Waals surface area contributed by atoms with E-state index in [1.165, 1.54) is 0 Å². The van der Waals surface area contributed by atoms with E-state index in [0.717, 1.165) is 48.5 Å². The molecule has 7 heteroatoms. The lowest BCUT2D eigenvalue weighted by atomic mass is 9.90. The third kappa shape index (κ3) is 4.18. The van der Waals surface area contributed by atoms with Crippen molar-refractivity contribution < 1.29 is 14.1 Å². The SMILES string of the molecule is Cc1cc(-c2cnc(C3CC3)nc2C2CCN(C(=O)OC(C)(C)C)CC2)on1. The summed E-state index contributed by atoms with van der Waals surface area (Å²) in [6, 6.07) is 1.93. The van der Waals surface area contributed by atoms with Crippen LogP contribution < -0.4 is 0 Å². The second kappa shape index (κ2) is 7.18. The third-order valence-electron chi connectivity index (χ3n) is 5.21. The van der Waals surface area contributed by atoms with Crippen molar-refractivity contribution in [1.82, 2.24) is 20.0 Å². The van der Waals surface area contributed by atoms with Gasteiger partial charge in [-0.25, -0.2) is 14.8 Å². The minimum absolute atomic E-state index is 0.238. The van der Waals surface area contributed by atoms with Crippen LogP contribution in [-0.2, 0) is 4.74 Å². The van der Waals surface area contributed by atoms with Gasteiger partial charge in [-0.2, -0.15) is 0 Å². The van der Waals surface area contributed by atoms with Crippen molar-refractivity contribution in [2.24, 2.45) is 0 Å². The molecule has 1 amide bonds. The number of rotatable bonds is 3. The summed E-state index contributed by atoms with van der Waals surface area (Å²) in [5.74, 6) is 2.40. The van der Waals surface area contributed by atoms with E-state index >= 15 is 0 Å². The molecule has 4 rings (SSSR count). The van der Waals surface area contributed by atoms with E-state index < -0.39 is 5.60 Å².